The van der Waals surface area contributed by atoms with Crippen LogP contribution in [-0.2, 0) is 0 Å². The van der Waals surface area contributed by atoms with Gasteiger partial charge in [0.05, 0.1) is 0 Å². The van der Waals surface area contributed by atoms with Gasteiger partial charge in [0.1, 0.15) is 0 Å². The number of benzene rings is 2. The second kappa shape index (κ2) is 5.55. The van der Waals surface area contributed by atoms with Gasteiger partial charge in [-0.3, -0.25) is 0 Å². The monoisotopic (exact) mass is 279 g/mol. The molecule has 3 rings (SSSR count). The number of nitrogens with one attached hydrogen (secondary N) is 1. The molecule has 2 atom stereocenters. The minimum Gasteiger partial charge on any atom is -0.382 e. The summed E-state index contributed by atoms with van der Waals surface area (Å²) in [6, 6.07) is 19.9. The van der Waals surface area contributed by atoms with Gasteiger partial charge in [-0.1, -0.05) is 69.3 Å². The molecule has 1 nitrogen and oxygen atoms in total. The van der Waals surface area contributed by atoms with Gasteiger partial charge in [-0.25, -0.2) is 0 Å². The van der Waals surface area contributed by atoms with Crippen LogP contribution in [0.3, 0.4) is 0 Å². The molecule has 1 aliphatic rings. The number of hydrogen-bond donors (Lipinski definition) is 1. The van der Waals surface area contributed by atoms with Gasteiger partial charge >= 0.3 is 0 Å². The van der Waals surface area contributed by atoms with Crippen LogP contribution < -0.4 is 5.32 Å². The molecule has 0 aliphatic heterocycles. The lowest BCUT2D eigenvalue weighted by atomic mass is 9.91. The molecule has 110 valence electrons. The summed E-state index contributed by atoms with van der Waals surface area (Å²) < 4.78 is 0. The number of rotatable bonds is 3. The average molecular weight is 279 g/mol. The zero-order valence-electron chi connectivity index (χ0n) is 13.3. The Kier molecular flexibility index (Phi) is 3.75. The average Bonchev–Trinajstić information content (AvgIpc) is 2.73. The lowest BCUT2D eigenvalue weighted by molar-refractivity contribution is 0.366. The first kappa shape index (κ1) is 14.2. The van der Waals surface area contributed by atoms with Gasteiger partial charge in [-0.15, -0.1) is 0 Å². The van der Waals surface area contributed by atoms with Crippen molar-refractivity contribution in [2.45, 2.75) is 39.7 Å². The molecule has 0 aromatic heterocycles. The second-order valence-corrected chi connectivity index (χ2v) is 7.21. The van der Waals surface area contributed by atoms with Crippen LogP contribution in [0.25, 0.3) is 11.1 Å². The van der Waals surface area contributed by atoms with Crippen LogP contribution in [0, 0.1) is 11.3 Å². The van der Waals surface area contributed by atoms with Gasteiger partial charge in [-0.2, -0.15) is 0 Å². The molecule has 0 radical (unpaired) electrons. The van der Waals surface area contributed by atoms with Gasteiger partial charge in [0.2, 0.25) is 0 Å². The normalized spacial score (nSPS) is 24.0. The molecule has 0 bridgehead atoms. The molecule has 2 aromatic rings. The molecular formula is C20H25N. The van der Waals surface area contributed by atoms with Crippen LogP contribution in [0.15, 0.2) is 54.6 Å². The first-order valence-corrected chi connectivity index (χ1v) is 7.96. The Hall–Kier alpha value is -1.76. The molecule has 0 amide bonds. The number of anilines is 1. The van der Waals surface area contributed by atoms with Gasteiger partial charge in [-0.05, 0) is 35.8 Å². The molecule has 1 heteroatoms. The molecule has 0 saturated heterocycles. The lowest BCUT2D eigenvalue weighted by Gasteiger charge is -2.22. The molecule has 2 aromatic carbocycles. The Balaban J connectivity index is 1.87. The molecule has 1 N–H and O–H groups in total. The van der Waals surface area contributed by atoms with E-state index in [1.54, 1.807) is 0 Å². The van der Waals surface area contributed by atoms with Gasteiger partial charge in [0, 0.05) is 17.3 Å². The van der Waals surface area contributed by atoms with Crippen molar-refractivity contribution in [3.8, 4) is 11.1 Å². The maximum atomic E-state index is 3.81. The van der Waals surface area contributed by atoms with Crippen molar-refractivity contribution in [3.05, 3.63) is 54.6 Å². The van der Waals surface area contributed by atoms with Crippen LogP contribution >= 0.6 is 0 Å². The fraction of sp³-hybridized carbons (Fsp3) is 0.400. The Labute approximate surface area is 128 Å². The van der Waals surface area contributed by atoms with E-state index in [0.717, 1.165) is 5.92 Å². The van der Waals surface area contributed by atoms with Crippen molar-refractivity contribution < 1.29 is 0 Å². The SMILES string of the molecule is CC1CC(C)(C)CC1Nc1ccccc1-c1ccccc1. The van der Waals surface area contributed by atoms with Crippen molar-refractivity contribution in [2.75, 3.05) is 5.32 Å². The minimum atomic E-state index is 0.457. The summed E-state index contributed by atoms with van der Waals surface area (Å²) in [5.41, 5.74) is 4.30. The summed E-state index contributed by atoms with van der Waals surface area (Å²) in [5.74, 6) is 0.726. The summed E-state index contributed by atoms with van der Waals surface area (Å²) in [7, 11) is 0. The lowest BCUT2D eigenvalue weighted by Crippen LogP contribution is -2.22. The summed E-state index contributed by atoms with van der Waals surface area (Å²) in [4.78, 5) is 0. The largest absolute Gasteiger partial charge is 0.382 e. The fourth-order valence-electron chi connectivity index (χ4n) is 3.77. The predicted molar refractivity (Wildman–Crippen MR) is 91.5 cm³/mol. The topological polar surface area (TPSA) is 12.0 Å². The third-order valence-electron chi connectivity index (χ3n) is 4.69. The summed E-state index contributed by atoms with van der Waals surface area (Å²) in [5, 5.41) is 3.81. The summed E-state index contributed by atoms with van der Waals surface area (Å²) in [6.07, 6.45) is 2.55. The summed E-state index contributed by atoms with van der Waals surface area (Å²) in [6.45, 7) is 7.14. The second-order valence-electron chi connectivity index (χ2n) is 7.21. The Morgan fingerprint density at radius 1 is 0.905 bits per heavy atom. The van der Waals surface area contributed by atoms with E-state index in [2.05, 4.69) is 80.7 Å². The highest BCUT2D eigenvalue weighted by Crippen LogP contribution is 2.42. The van der Waals surface area contributed by atoms with Crippen LogP contribution in [0.4, 0.5) is 5.69 Å². The fourth-order valence-corrected chi connectivity index (χ4v) is 3.77. The predicted octanol–water partition coefficient (Wildman–Crippen LogP) is 5.59. The van der Waals surface area contributed by atoms with Crippen molar-refractivity contribution in [2.24, 2.45) is 11.3 Å². The summed E-state index contributed by atoms with van der Waals surface area (Å²) >= 11 is 0. The molecule has 2 unspecified atom stereocenters. The molecule has 1 aliphatic carbocycles. The van der Waals surface area contributed by atoms with E-state index >= 15 is 0 Å². The highest BCUT2D eigenvalue weighted by Gasteiger charge is 2.36. The van der Waals surface area contributed by atoms with Crippen LogP contribution in [0.2, 0.25) is 0 Å². The maximum Gasteiger partial charge on any atom is 0.0422 e. The van der Waals surface area contributed by atoms with Crippen molar-refractivity contribution in [3.63, 3.8) is 0 Å². The van der Waals surface area contributed by atoms with E-state index in [1.165, 1.54) is 29.7 Å². The molecule has 0 spiro atoms. The molecule has 21 heavy (non-hydrogen) atoms. The number of hydrogen-bond acceptors (Lipinski definition) is 1. The minimum absolute atomic E-state index is 0.457. The highest BCUT2D eigenvalue weighted by atomic mass is 14.9. The van der Waals surface area contributed by atoms with Crippen molar-refractivity contribution in [1.82, 2.24) is 0 Å². The highest BCUT2D eigenvalue weighted by molar-refractivity contribution is 5.77. The zero-order chi connectivity index (χ0) is 14.9. The maximum absolute atomic E-state index is 3.81. The van der Waals surface area contributed by atoms with Crippen molar-refractivity contribution in [1.29, 1.82) is 0 Å². The van der Waals surface area contributed by atoms with E-state index < -0.39 is 0 Å². The van der Waals surface area contributed by atoms with Crippen LogP contribution in [-0.4, -0.2) is 6.04 Å². The van der Waals surface area contributed by atoms with E-state index in [4.69, 9.17) is 0 Å². The number of para-hydroxylation sites is 1. The Bertz CT molecular complexity index is 600. The van der Waals surface area contributed by atoms with E-state index in [0.29, 0.717) is 11.5 Å². The van der Waals surface area contributed by atoms with E-state index in [1.807, 2.05) is 0 Å². The third kappa shape index (κ3) is 3.12. The van der Waals surface area contributed by atoms with Crippen LogP contribution in [0.5, 0.6) is 0 Å². The van der Waals surface area contributed by atoms with E-state index in [-0.39, 0.29) is 0 Å². The molecule has 1 fully saturated rings. The first-order valence-electron chi connectivity index (χ1n) is 7.96. The molecule has 1 saturated carbocycles. The smallest absolute Gasteiger partial charge is 0.0422 e. The molecule has 0 heterocycles. The first-order chi connectivity index (χ1) is 10.1. The Morgan fingerprint density at radius 2 is 1.57 bits per heavy atom. The van der Waals surface area contributed by atoms with Gasteiger partial charge in [0.25, 0.3) is 0 Å². The van der Waals surface area contributed by atoms with Crippen LogP contribution in [0.1, 0.15) is 33.6 Å². The van der Waals surface area contributed by atoms with Gasteiger partial charge in [0.15, 0.2) is 0 Å². The van der Waals surface area contributed by atoms with Gasteiger partial charge < -0.3 is 5.32 Å². The quantitative estimate of drug-likeness (QED) is 0.772. The third-order valence-corrected chi connectivity index (χ3v) is 4.69. The standard InChI is InChI=1S/C20H25N/c1-15-13-20(2,3)14-19(15)21-18-12-8-7-11-17(18)16-9-5-4-6-10-16/h4-12,15,19,21H,13-14H2,1-3H3. The van der Waals surface area contributed by atoms with Crippen molar-refractivity contribution >= 4 is 5.69 Å². The Morgan fingerprint density at radius 3 is 2.24 bits per heavy atom. The zero-order valence-corrected chi connectivity index (χ0v) is 13.3. The molecular weight excluding hydrogens is 254 g/mol. The van der Waals surface area contributed by atoms with E-state index in [9.17, 15) is 0 Å².